The lowest BCUT2D eigenvalue weighted by atomic mass is 9.89. The van der Waals surface area contributed by atoms with Crippen LogP contribution in [0, 0.1) is 5.41 Å². The summed E-state index contributed by atoms with van der Waals surface area (Å²) in [6.07, 6.45) is 0.344. The van der Waals surface area contributed by atoms with Crippen LogP contribution in [0.25, 0.3) is 0 Å². The Morgan fingerprint density at radius 3 is 2.23 bits per heavy atom. The minimum atomic E-state index is -0.894. The van der Waals surface area contributed by atoms with Gasteiger partial charge in [-0.2, -0.15) is 0 Å². The second-order valence-electron chi connectivity index (χ2n) is 10.5. The summed E-state index contributed by atoms with van der Waals surface area (Å²) in [6.45, 7) is 6.91. The molecule has 0 bridgehead atoms. The molecular formula is C31H32Cl2N2O5. The van der Waals surface area contributed by atoms with Crippen molar-refractivity contribution in [3.63, 3.8) is 0 Å². The Kier molecular flexibility index (Phi) is 8.76. The Bertz CT molecular complexity index is 1390. The highest BCUT2D eigenvalue weighted by Crippen LogP contribution is 2.45. The highest BCUT2D eigenvalue weighted by atomic mass is 35.5. The maximum absolute atomic E-state index is 13.8. The number of carboxylic acids is 1. The summed E-state index contributed by atoms with van der Waals surface area (Å²) in [7, 11) is 0. The number of aliphatic carboxylic acids is 1. The number of benzene rings is 3. The molecule has 4 rings (SSSR count). The zero-order valence-electron chi connectivity index (χ0n) is 22.8. The van der Waals surface area contributed by atoms with Crippen molar-refractivity contribution < 1.29 is 24.2 Å². The van der Waals surface area contributed by atoms with E-state index in [0.717, 1.165) is 5.56 Å². The number of carbonyl (C=O) groups is 3. The summed E-state index contributed by atoms with van der Waals surface area (Å²) in [5.74, 6) is -0.752. The largest absolute Gasteiger partial charge is 0.494 e. The van der Waals surface area contributed by atoms with Crippen LogP contribution in [0.1, 0.15) is 56.1 Å². The Hall–Kier alpha value is -3.55. The van der Waals surface area contributed by atoms with E-state index in [1.54, 1.807) is 72.2 Å². The lowest BCUT2D eigenvalue weighted by Gasteiger charge is -2.46. The molecule has 1 unspecified atom stereocenters. The fourth-order valence-electron chi connectivity index (χ4n) is 4.83. The van der Waals surface area contributed by atoms with Gasteiger partial charge in [0, 0.05) is 34.4 Å². The van der Waals surface area contributed by atoms with E-state index in [2.05, 4.69) is 0 Å². The van der Waals surface area contributed by atoms with E-state index in [-0.39, 0.29) is 18.4 Å². The molecular weight excluding hydrogens is 551 g/mol. The van der Waals surface area contributed by atoms with E-state index < -0.39 is 28.8 Å². The van der Waals surface area contributed by atoms with Crippen molar-refractivity contribution in [3.05, 3.63) is 88.9 Å². The third-order valence-corrected chi connectivity index (χ3v) is 8.16. The molecule has 2 amide bonds. The summed E-state index contributed by atoms with van der Waals surface area (Å²) in [6, 6.07) is 20.3. The average Bonchev–Trinajstić information content (AvgIpc) is 2.92. The van der Waals surface area contributed by atoms with Crippen LogP contribution in [-0.4, -0.2) is 40.9 Å². The normalized spacial score (nSPS) is 18.6. The molecule has 0 radical (unpaired) electrons. The van der Waals surface area contributed by atoms with Gasteiger partial charge in [-0.05, 0) is 81.8 Å². The van der Waals surface area contributed by atoms with Gasteiger partial charge in [-0.3, -0.25) is 14.4 Å². The van der Waals surface area contributed by atoms with Gasteiger partial charge in [0.05, 0.1) is 29.5 Å². The van der Waals surface area contributed by atoms with Gasteiger partial charge < -0.3 is 19.6 Å². The van der Waals surface area contributed by atoms with Gasteiger partial charge in [-0.1, -0.05) is 29.8 Å². The standard InChI is InChI=1S/C31H32Cl2N2O5/c1-19-27(33)28(35(20(2)36)23-13-11-22(32)12-14-23)25-7-5-6-8-26(25)34(19)29(37)21-9-15-24(16-10-21)40-18-17-31(3,4)30(38)39/h5-16,19,27-28H,17-18H2,1-4H3,(H,38,39)/t19-,27?,28+/m0/s1. The molecule has 1 aliphatic heterocycles. The van der Waals surface area contributed by atoms with Gasteiger partial charge in [-0.15, -0.1) is 11.6 Å². The van der Waals surface area contributed by atoms with Crippen molar-refractivity contribution >= 4 is 52.4 Å². The third kappa shape index (κ3) is 5.96. The quantitative estimate of drug-likeness (QED) is 0.290. The smallest absolute Gasteiger partial charge is 0.309 e. The number of nitrogens with zero attached hydrogens (tertiary/aromatic N) is 2. The number of hydrogen-bond donors (Lipinski definition) is 1. The van der Waals surface area contributed by atoms with Crippen molar-refractivity contribution in [2.24, 2.45) is 5.41 Å². The predicted octanol–water partition coefficient (Wildman–Crippen LogP) is 6.97. The summed E-state index contributed by atoms with van der Waals surface area (Å²) in [5.41, 5.74) is 1.66. The van der Waals surface area contributed by atoms with Crippen LogP contribution in [0.2, 0.25) is 5.02 Å². The number of ether oxygens (including phenoxy) is 1. The second-order valence-corrected chi connectivity index (χ2v) is 11.5. The van der Waals surface area contributed by atoms with Crippen LogP contribution >= 0.6 is 23.2 Å². The van der Waals surface area contributed by atoms with E-state index in [0.29, 0.717) is 34.1 Å². The van der Waals surface area contributed by atoms with Crippen LogP contribution in [0.3, 0.4) is 0 Å². The average molecular weight is 584 g/mol. The number of carboxylic acid groups (broad SMARTS) is 1. The van der Waals surface area contributed by atoms with Crippen LogP contribution < -0.4 is 14.5 Å². The van der Waals surface area contributed by atoms with Crippen molar-refractivity contribution in [3.8, 4) is 5.75 Å². The fraction of sp³-hybridized carbons (Fsp3) is 0.323. The summed E-state index contributed by atoms with van der Waals surface area (Å²) in [4.78, 5) is 41.4. The summed E-state index contributed by atoms with van der Waals surface area (Å²) >= 11 is 13.2. The van der Waals surface area contributed by atoms with Gasteiger partial charge in [0.15, 0.2) is 0 Å². The van der Waals surface area contributed by atoms with Gasteiger partial charge in [0.1, 0.15) is 5.75 Å². The molecule has 1 N–H and O–H groups in total. The maximum Gasteiger partial charge on any atom is 0.309 e. The van der Waals surface area contributed by atoms with Gasteiger partial charge in [-0.25, -0.2) is 0 Å². The molecule has 0 saturated carbocycles. The lowest BCUT2D eigenvalue weighted by molar-refractivity contribution is -0.147. The first-order chi connectivity index (χ1) is 18.9. The summed E-state index contributed by atoms with van der Waals surface area (Å²) in [5, 5.41) is 9.23. The van der Waals surface area contributed by atoms with Crippen LogP contribution in [0.15, 0.2) is 72.8 Å². The van der Waals surface area contributed by atoms with E-state index in [1.165, 1.54) is 6.92 Å². The minimum absolute atomic E-state index is 0.179. The SMILES string of the molecule is CC(=O)N(c1ccc(Cl)cc1)[C@@H]1c2ccccc2N(C(=O)c2ccc(OCCC(C)(C)C(=O)O)cc2)[C@@H](C)C1Cl. The van der Waals surface area contributed by atoms with E-state index in [9.17, 15) is 19.5 Å². The number of amides is 2. The number of fused-ring (bicyclic) bond motifs is 1. The molecule has 3 aromatic rings. The third-order valence-electron chi connectivity index (χ3n) is 7.30. The first-order valence-electron chi connectivity index (χ1n) is 13.0. The molecule has 3 atom stereocenters. The lowest BCUT2D eigenvalue weighted by Crippen LogP contribution is -2.54. The Balaban J connectivity index is 1.61. The minimum Gasteiger partial charge on any atom is -0.494 e. The first-order valence-corrected chi connectivity index (χ1v) is 13.8. The van der Waals surface area contributed by atoms with E-state index in [4.69, 9.17) is 27.9 Å². The molecule has 0 aliphatic carbocycles. The number of carbonyl (C=O) groups excluding carboxylic acids is 2. The number of anilines is 2. The number of alkyl halides is 1. The predicted molar refractivity (Wildman–Crippen MR) is 158 cm³/mol. The zero-order chi connectivity index (χ0) is 29.2. The van der Waals surface area contributed by atoms with Crippen LogP contribution in [0.5, 0.6) is 5.75 Å². The molecule has 9 heteroatoms. The number of rotatable bonds is 8. The highest BCUT2D eigenvalue weighted by molar-refractivity contribution is 6.30. The molecule has 1 aliphatic rings. The maximum atomic E-state index is 13.8. The molecule has 3 aromatic carbocycles. The monoisotopic (exact) mass is 582 g/mol. The fourth-order valence-corrected chi connectivity index (χ4v) is 5.32. The van der Waals surface area contributed by atoms with Gasteiger partial charge in [0.25, 0.3) is 5.91 Å². The molecule has 210 valence electrons. The zero-order valence-corrected chi connectivity index (χ0v) is 24.3. The first kappa shape index (κ1) is 29.4. The molecule has 0 aromatic heterocycles. The Morgan fingerprint density at radius 2 is 1.62 bits per heavy atom. The van der Waals surface area contributed by atoms with Crippen molar-refractivity contribution in [1.29, 1.82) is 0 Å². The molecule has 0 fully saturated rings. The van der Waals surface area contributed by atoms with E-state index in [1.807, 2.05) is 31.2 Å². The van der Waals surface area contributed by atoms with Gasteiger partial charge >= 0.3 is 5.97 Å². The van der Waals surface area contributed by atoms with Crippen molar-refractivity contribution in [1.82, 2.24) is 0 Å². The molecule has 40 heavy (non-hydrogen) atoms. The van der Waals surface area contributed by atoms with Crippen molar-refractivity contribution in [2.45, 2.75) is 51.6 Å². The van der Waals surface area contributed by atoms with Crippen LogP contribution in [-0.2, 0) is 9.59 Å². The number of hydrogen-bond acceptors (Lipinski definition) is 4. The summed E-state index contributed by atoms with van der Waals surface area (Å²) < 4.78 is 5.72. The molecule has 7 nitrogen and oxygen atoms in total. The van der Waals surface area contributed by atoms with Gasteiger partial charge in [0.2, 0.25) is 5.91 Å². The Labute approximate surface area is 244 Å². The number of halogens is 2. The van der Waals surface area contributed by atoms with Crippen LogP contribution in [0.4, 0.5) is 11.4 Å². The topological polar surface area (TPSA) is 87.2 Å². The molecule has 0 spiro atoms. The Morgan fingerprint density at radius 1 is 1.00 bits per heavy atom. The van der Waals surface area contributed by atoms with Crippen molar-refractivity contribution in [2.75, 3.05) is 16.4 Å². The van der Waals surface area contributed by atoms with E-state index >= 15 is 0 Å². The highest BCUT2D eigenvalue weighted by Gasteiger charge is 2.44. The second kappa shape index (κ2) is 11.9. The molecule has 0 saturated heterocycles. The molecule has 1 heterocycles. The number of para-hydroxylation sites is 1.